The van der Waals surface area contributed by atoms with Crippen LogP contribution in [0.4, 0.5) is 0 Å². The Morgan fingerprint density at radius 3 is 2.75 bits per heavy atom. The maximum atomic E-state index is 9.82. The summed E-state index contributed by atoms with van der Waals surface area (Å²) in [5.41, 5.74) is 2.48. The molecule has 1 saturated heterocycles. The Bertz CT molecular complexity index is 534. The Morgan fingerprint density at radius 1 is 1.21 bits per heavy atom. The minimum absolute atomic E-state index is 0.144. The van der Waals surface area contributed by atoms with Crippen molar-refractivity contribution in [3.63, 3.8) is 0 Å². The lowest BCUT2D eigenvalue weighted by atomic mass is 9.91. The molecule has 0 radical (unpaired) electrons. The number of benzene rings is 1. The summed E-state index contributed by atoms with van der Waals surface area (Å²) in [6.45, 7) is 4.69. The maximum Gasteiger partial charge on any atom is 0.121 e. The highest BCUT2D eigenvalue weighted by Crippen LogP contribution is 2.28. The second-order valence-corrected chi connectivity index (χ2v) is 7.25. The molecule has 2 aliphatic rings. The van der Waals surface area contributed by atoms with Crippen LogP contribution in [0, 0.1) is 6.92 Å². The van der Waals surface area contributed by atoms with Gasteiger partial charge in [0, 0.05) is 19.1 Å². The number of hydrogen-bond donors (Lipinski definition) is 1. The van der Waals surface area contributed by atoms with Gasteiger partial charge in [-0.2, -0.15) is 0 Å². The van der Waals surface area contributed by atoms with Crippen molar-refractivity contribution in [1.29, 1.82) is 0 Å². The van der Waals surface area contributed by atoms with Crippen LogP contribution in [0.25, 0.3) is 0 Å². The van der Waals surface area contributed by atoms with Crippen molar-refractivity contribution >= 4 is 0 Å². The fourth-order valence-electron chi connectivity index (χ4n) is 4.18. The molecular weight excluding hydrogens is 302 g/mol. The Labute approximate surface area is 145 Å². The van der Waals surface area contributed by atoms with Crippen LogP contribution < -0.4 is 4.74 Å². The Morgan fingerprint density at radius 2 is 2.04 bits per heavy atom. The molecule has 0 spiro atoms. The van der Waals surface area contributed by atoms with E-state index in [0.29, 0.717) is 12.1 Å². The summed E-state index contributed by atoms with van der Waals surface area (Å²) in [7, 11) is 1.71. The van der Waals surface area contributed by atoms with E-state index in [9.17, 15) is 5.11 Å². The van der Waals surface area contributed by atoms with Crippen molar-refractivity contribution in [2.24, 2.45) is 0 Å². The molecule has 1 saturated carbocycles. The van der Waals surface area contributed by atoms with E-state index in [1.54, 1.807) is 7.11 Å². The number of methoxy groups -OCH3 is 1. The van der Waals surface area contributed by atoms with E-state index in [2.05, 4.69) is 24.0 Å². The SMILES string of the molecule is COc1ccc(CCO[C@H]2CCCC[C@H]2N2CC[C@H](O)C2)cc1C. The zero-order chi connectivity index (χ0) is 16.9. The molecule has 1 aliphatic carbocycles. The summed E-state index contributed by atoms with van der Waals surface area (Å²) < 4.78 is 11.6. The summed E-state index contributed by atoms with van der Waals surface area (Å²) in [5, 5.41) is 9.82. The number of hydrogen-bond acceptors (Lipinski definition) is 4. The Kier molecular flexibility index (Phi) is 6.14. The standard InChI is InChI=1S/C20H31NO3/c1-15-13-16(7-8-19(15)23-2)10-12-24-20-6-4-3-5-18(20)21-11-9-17(22)14-21/h7-8,13,17-18,20,22H,3-6,9-12,14H2,1-2H3/t17-,18+,20-/m0/s1. The first-order chi connectivity index (χ1) is 11.7. The lowest BCUT2D eigenvalue weighted by Gasteiger charge is -2.37. The molecule has 0 amide bonds. The average molecular weight is 333 g/mol. The molecule has 134 valence electrons. The van der Waals surface area contributed by atoms with Crippen LogP contribution in [0.3, 0.4) is 0 Å². The summed E-state index contributed by atoms with van der Waals surface area (Å²) in [6, 6.07) is 6.86. The third kappa shape index (κ3) is 4.29. The molecule has 0 bridgehead atoms. The number of aliphatic hydroxyl groups excluding tert-OH is 1. The van der Waals surface area contributed by atoms with Gasteiger partial charge in [0.2, 0.25) is 0 Å². The van der Waals surface area contributed by atoms with Crippen LogP contribution in [0.2, 0.25) is 0 Å². The second-order valence-electron chi connectivity index (χ2n) is 7.25. The molecule has 1 aromatic carbocycles. The van der Waals surface area contributed by atoms with Gasteiger partial charge in [-0.15, -0.1) is 0 Å². The summed E-state index contributed by atoms with van der Waals surface area (Å²) in [4.78, 5) is 2.45. The van der Waals surface area contributed by atoms with Crippen LogP contribution in [-0.4, -0.2) is 55.1 Å². The third-order valence-corrected chi connectivity index (χ3v) is 5.51. The number of likely N-dealkylation sites (tertiary alicyclic amines) is 1. The van der Waals surface area contributed by atoms with Gasteiger partial charge in [0.25, 0.3) is 0 Å². The molecule has 2 fully saturated rings. The number of β-amino-alcohol motifs (C(OH)–C–C–N with tert-alkyl or cyclic N) is 1. The van der Waals surface area contributed by atoms with Gasteiger partial charge >= 0.3 is 0 Å². The largest absolute Gasteiger partial charge is 0.496 e. The van der Waals surface area contributed by atoms with Gasteiger partial charge in [0.05, 0.1) is 25.9 Å². The fraction of sp³-hybridized carbons (Fsp3) is 0.700. The average Bonchev–Trinajstić information content (AvgIpc) is 3.02. The molecule has 1 aromatic rings. The van der Waals surface area contributed by atoms with Crippen molar-refractivity contribution in [3.05, 3.63) is 29.3 Å². The molecule has 3 atom stereocenters. The molecule has 4 heteroatoms. The highest BCUT2D eigenvalue weighted by molar-refractivity contribution is 5.36. The first-order valence-corrected chi connectivity index (χ1v) is 9.34. The Balaban J connectivity index is 1.51. The van der Waals surface area contributed by atoms with E-state index in [0.717, 1.165) is 44.7 Å². The van der Waals surface area contributed by atoms with Gasteiger partial charge < -0.3 is 14.6 Å². The number of ether oxygens (including phenoxy) is 2. The monoisotopic (exact) mass is 333 g/mol. The van der Waals surface area contributed by atoms with Crippen LogP contribution >= 0.6 is 0 Å². The third-order valence-electron chi connectivity index (χ3n) is 5.51. The molecule has 1 N–H and O–H groups in total. The van der Waals surface area contributed by atoms with Gasteiger partial charge in [0.1, 0.15) is 5.75 Å². The van der Waals surface area contributed by atoms with E-state index >= 15 is 0 Å². The van der Waals surface area contributed by atoms with Crippen LogP contribution in [0.1, 0.15) is 43.2 Å². The normalized spacial score (nSPS) is 28.2. The molecule has 24 heavy (non-hydrogen) atoms. The predicted molar refractivity (Wildman–Crippen MR) is 95.6 cm³/mol. The zero-order valence-electron chi connectivity index (χ0n) is 15.0. The van der Waals surface area contributed by atoms with E-state index in [-0.39, 0.29) is 6.10 Å². The van der Waals surface area contributed by atoms with E-state index in [1.165, 1.54) is 30.4 Å². The smallest absolute Gasteiger partial charge is 0.121 e. The first-order valence-electron chi connectivity index (χ1n) is 9.34. The highest BCUT2D eigenvalue weighted by Gasteiger charge is 2.34. The minimum atomic E-state index is -0.144. The van der Waals surface area contributed by atoms with Crippen molar-refractivity contribution in [2.75, 3.05) is 26.8 Å². The van der Waals surface area contributed by atoms with E-state index in [1.807, 2.05) is 6.07 Å². The quantitative estimate of drug-likeness (QED) is 0.869. The molecular formula is C20H31NO3. The van der Waals surface area contributed by atoms with Gasteiger partial charge in [-0.25, -0.2) is 0 Å². The molecule has 0 unspecified atom stereocenters. The lowest BCUT2D eigenvalue weighted by molar-refractivity contribution is -0.0316. The Hall–Kier alpha value is -1.10. The van der Waals surface area contributed by atoms with Crippen molar-refractivity contribution in [1.82, 2.24) is 4.90 Å². The predicted octanol–water partition coefficient (Wildman–Crippen LogP) is 2.94. The van der Waals surface area contributed by atoms with E-state index < -0.39 is 0 Å². The molecule has 0 aromatic heterocycles. The molecule has 4 nitrogen and oxygen atoms in total. The van der Waals surface area contributed by atoms with Crippen molar-refractivity contribution in [2.45, 2.75) is 63.7 Å². The molecule has 3 rings (SSSR count). The zero-order valence-corrected chi connectivity index (χ0v) is 15.0. The van der Waals surface area contributed by atoms with Crippen LogP contribution in [0.15, 0.2) is 18.2 Å². The van der Waals surface area contributed by atoms with Gasteiger partial charge in [0.15, 0.2) is 0 Å². The first kappa shape index (κ1) is 17.7. The molecule has 1 heterocycles. The number of nitrogens with zero attached hydrogens (tertiary/aromatic N) is 1. The summed E-state index contributed by atoms with van der Waals surface area (Å²) in [6.07, 6.45) is 6.94. The van der Waals surface area contributed by atoms with Crippen molar-refractivity contribution < 1.29 is 14.6 Å². The second kappa shape index (κ2) is 8.32. The molecule has 1 aliphatic heterocycles. The summed E-state index contributed by atoms with van der Waals surface area (Å²) >= 11 is 0. The lowest BCUT2D eigenvalue weighted by Crippen LogP contribution is -2.46. The van der Waals surface area contributed by atoms with Gasteiger partial charge in [-0.3, -0.25) is 4.90 Å². The topological polar surface area (TPSA) is 41.9 Å². The number of rotatable bonds is 6. The fourth-order valence-corrected chi connectivity index (χ4v) is 4.18. The minimum Gasteiger partial charge on any atom is -0.496 e. The number of aliphatic hydroxyl groups is 1. The van der Waals surface area contributed by atoms with Gasteiger partial charge in [-0.05, 0) is 49.8 Å². The van der Waals surface area contributed by atoms with Gasteiger partial charge in [-0.1, -0.05) is 25.0 Å². The highest BCUT2D eigenvalue weighted by atomic mass is 16.5. The van der Waals surface area contributed by atoms with Crippen LogP contribution in [-0.2, 0) is 11.2 Å². The van der Waals surface area contributed by atoms with Crippen LogP contribution in [0.5, 0.6) is 5.75 Å². The summed E-state index contributed by atoms with van der Waals surface area (Å²) in [5.74, 6) is 0.944. The number of aryl methyl sites for hydroxylation is 1. The van der Waals surface area contributed by atoms with E-state index in [4.69, 9.17) is 9.47 Å². The maximum absolute atomic E-state index is 9.82. The van der Waals surface area contributed by atoms with Crippen molar-refractivity contribution in [3.8, 4) is 5.75 Å².